The van der Waals surface area contributed by atoms with Crippen molar-refractivity contribution in [2.75, 3.05) is 0 Å². The number of rotatable bonds is 1. The van der Waals surface area contributed by atoms with Crippen molar-refractivity contribution in [1.29, 1.82) is 0 Å². The van der Waals surface area contributed by atoms with Crippen LogP contribution in [0.25, 0.3) is 0 Å². The lowest BCUT2D eigenvalue weighted by Gasteiger charge is -2.23. The summed E-state index contributed by atoms with van der Waals surface area (Å²) >= 11 is 0. The maximum Gasteiger partial charge on any atom is 0.134 e. The van der Waals surface area contributed by atoms with Crippen molar-refractivity contribution in [1.82, 2.24) is 0 Å². The molecule has 1 radical (unpaired) electrons. The van der Waals surface area contributed by atoms with Crippen molar-refractivity contribution in [3.05, 3.63) is 35.9 Å². The van der Waals surface area contributed by atoms with Gasteiger partial charge in [-0.25, -0.2) is 0 Å². The van der Waals surface area contributed by atoms with Crippen LogP contribution < -0.4 is 0 Å². The summed E-state index contributed by atoms with van der Waals surface area (Å²) in [5.41, 5.74) is 1.19. The molecule has 1 fully saturated rings. The lowest BCUT2D eigenvalue weighted by atomic mass is 9.79. The zero-order valence-electron chi connectivity index (χ0n) is 6.21. The molecule has 0 spiro atoms. The summed E-state index contributed by atoms with van der Waals surface area (Å²) in [5, 5.41) is 0. The van der Waals surface area contributed by atoms with Gasteiger partial charge in [-0.05, 0) is 17.5 Å². The summed E-state index contributed by atoms with van der Waals surface area (Å²) in [5.74, 6) is 0.843. The van der Waals surface area contributed by atoms with E-state index in [1.807, 2.05) is 24.3 Å². The van der Waals surface area contributed by atoms with Crippen LogP contribution in [0.4, 0.5) is 0 Å². The van der Waals surface area contributed by atoms with Crippen LogP contribution in [0.3, 0.4) is 0 Å². The SMILES string of the molecule is O=C1CC(c2[c]cccc2)C1. The predicted molar refractivity (Wildman–Crippen MR) is 42.3 cm³/mol. The first-order chi connectivity index (χ1) is 5.36. The first kappa shape index (κ1) is 6.59. The van der Waals surface area contributed by atoms with E-state index in [2.05, 4.69) is 6.07 Å². The van der Waals surface area contributed by atoms with Gasteiger partial charge in [0.15, 0.2) is 0 Å². The molecule has 0 aromatic heterocycles. The molecule has 0 amide bonds. The second kappa shape index (κ2) is 2.50. The Kier molecular flexibility index (Phi) is 1.50. The van der Waals surface area contributed by atoms with E-state index in [0.29, 0.717) is 11.7 Å². The predicted octanol–water partition coefficient (Wildman–Crippen LogP) is 1.93. The van der Waals surface area contributed by atoms with Gasteiger partial charge < -0.3 is 0 Å². The second-order valence-corrected chi connectivity index (χ2v) is 2.96. The van der Waals surface area contributed by atoms with Crippen LogP contribution in [-0.2, 0) is 4.79 Å². The Hall–Kier alpha value is -1.11. The minimum atomic E-state index is 0.382. The Morgan fingerprint density at radius 3 is 2.73 bits per heavy atom. The number of Topliss-reactive ketones (excluding diaryl/α,β-unsaturated/α-hetero) is 1. The smallest absolute Gasteiger partial charge is 0.134 e. The van der Waals surface area contributed by atoms with Gasteiger partial charge in [-0.2, -0.15) is 0 Å². The van der Waals surface area contributed by atoms with Crippen molar-refractivity contribution < 1.29 is 4.79 Å². The minimum absolute atomic E-state index is 0.382. The van der Waals surface area contributed by atoms with E-state index in [1.165, 1.54) is 5.56 Å². The number of hydrogen-bond acceptors (Lipinski definition) is 1. The van der Waals surface area contributed by atoms with Crippen molar-refractivity contribution in [2.45, 2.75) is 18.8 Å². The Morgan fingerprint density at radius 1 is 1.36 bits per heavy atom. The fourth-order valence-corrected chi connectivity index (χ4v) is 1.37. The number of ketones is 1. The Morgan fingerprint density at radius 2 is 2.18 bits per heavy atom. The van der Waals surface area contributed by atoms with Gasteiger partial charge in [0.25, 0.3) is 0 Å². The Labute approximate surface area is 66.0 Å². The van der Waals surface area contributed by atoms with Crippen LogP contribution in [0, 0.1) is 6.07 Å². The fourth-order valence-electron chi connectivity index (χ4n) is 1.37. The second-order valence-electron chi connectivity index (χ2n) is 2.96. The van der Waals surface area contributed by atoms with Crippen molar-refractivity contribution in [3.8, 4) is 0 Å². The highest BCUT2D eigenvalue weighted by molar-refractivity contribution is 5.86. The average Bonchev–Trinajstić information content (AvgIpc) is 2.01. The lowest BCUT2D eigenvalue weighted by molar-refractivity contribution is -0.124. The van der Waals surface area contributed by atoms with Crippen molar-refractivity contribution >= 4 is 5.78 Å². The minimum Gasteiger partial charge on any atom is -0.300 e. The van der Waals surface area contributed by atoms with Gasteiger partial charge in [0.05, 0.1) is 0 Å². The van der Waals surface area contributed by atoms with Crippen LogP contribution in [0.15, 0.2) is 24.3 Å². The number of benzene rings is 1. The normalized spacial score (nSPS) is 18.0. The van der Waals surface area contributed by atoms with Crippen LogP contribution in [0.1, 0.15) is 24.3 Å². The first-order valence-electron chi connectivity index (χ1n) is 3.84. The Balaban J connectivity index is 2.13. The lowest BCUT2D eigenvalue weighted by Crippen LogP contribution is -2.20. The molecule has 1 nitrogen and oxygen atoms in total. The molecule has 0 aliphatic heterocycles. The van der Waals surface area contributed by atoms with Crippen LogP contribution in [0.2, 0.25) is 0 Å². The van der Waals surface area contributed by atoms with E-state index < -0.39 is 0 Å². The summed E-state index contributed by atoms with van der Waals surface area (Å²) in [6, 6.07) is 11.0. The van der Waals surface area contributed by atoms with Gasteiger partial charge in [0, 0.05) is 12.8 Å². The third kappa shape index (κ3) is 1.18. The quantitative estimate of drug-likeness (QED) is 0.590. The first-order valence-corrected chi connectivity index (χ1v) is 3.84. The molecular formula is C10H9O. The highest BCUT2D eigenvalue weighted by Crippen LogP contribution is 2.32. The molecule has 1 aliphatic carbocycles. The standard InChI is InChI=1S/C10H9O/c11-10-6-9(7-10)8-4-2-1-3-5-8/h1-4,9H,6-7H2. The van der Waals surface area contributed by atoms with E-state index >= 15 is 0 Å². The molecule has 0 saturated heterocycles. The molecule has 0 atom stereocenters. The maximum atomic E-state index is 10.7. The van der Waals surface area contributed by atoms with Crippen LogP contribution in [0.5, 0.6) is 0 Å². The van der Waals surface area contributed by atoms with Crippen molar-refractivity contribution in [2.24, 2.45) is 0 Å². The summed E-state index contributed by atoms with van der Waals surface area (Å²) < 4.78 is 0. The largest absolute Gasteiger partial charge is 0.300 e. The number of hydrogen-bond donors (Lipinski definition) is 0. The molecule has 2 rings (SSSR count). The topological polar surface area (TPSA) is 17.1 Å². The van der Waals surface area contributed by atoms with Crippen LogP contribution in [-0.4, -0.2) is 5.78 Å². The van der Waals surface area contributed by atoms with Gasteiger partial charge in [0.2, 0.25) is 0 Å². The van der Waals surface area contributed by atoms with Gasteiger partial charge in [-0.15, -0.1) is 0 Å². The van der Waals surface area contributed by atoms with Gasteiger partial charge in [0.1, 0.15) is 5.78 Å². The molecule has 0 N–H and O–H groups in total. The zero-order valence-corrected chi connectivity index (χ0v) is 6.21. The van der Waals surface area contributed by atoms with Gasteiger partial charge >= 0.3 is 0 Å². The highest BCUT2D eigenvalue weighted by atomic mass is 16.1. The molecule has 11 heavy (non-hydrogen) atoms. The third-order valence-corrected chi connectivity index (χ3v) is 2.12. The van der Waals surface area contributed by atoms with Crippen molar-refractivity contribution in [3.63, 3.8) is 0 Å². The molecule has 1 heteroatoms. The fraction of sp³-hybridized carbons (Fsp3) is 0.300. The summed E-state index contributed by atoms with van der Waals surface area (Å²) in [6.07, 6.45) is 1.45. The molecule has 1 saturated carbocycles. The molecule has 1 aliphatic rings. The monoisotopic (exact) mass is 145 g/mol. The van der Waals surface area contributed by atoms with E-state index in [1.54, 1.807) is 0 Å². The molecule has 0 heterocycles. The number of carbonyl (C=O) groups is 1. The highest BCUT2D eigenvalue weighted by Gasteiger charge is 2.27. The number of carbonyl (C=O) groups excluding carboxylic acids is 1. The third-order valence-electron chi connectivity index (χ3n) is 2.12. The molecule has 55 valence electrons. The van der Waals surface area contributed by atoms with E-state index in [-0.39, 0.29) is 0 Å². The molecule has 0 unspecified atom stereocenters. The van der Waals surface area contributed by atoms with E-state index in [9.17, 15) is 4.79 Å². The Bertz CT molecular complexity index is 255. The van der Waals surface area contributed by atoms with E-state index in [0.717, 1.165) is 12.8 Å². The molecule has 1 aromatic rings. The van der Waals surface area contributed by atoms with Crippen LogP contribution >= 0.6 is 0 Å². The zero-order chi connectivity index (χ0) is 7.68. The molecule has 0 bridgehead atoms. The van der Waals surface area contributed by atoms with E-state index in [4.69, 9.17) is 0 Å². The summed E-state index contributed by atoms with van der Waals surface area (Å²) in [6.45, 7) is 0. The average molecular weight is 145 g/mol. The molecular weight excluding hydrogens is 136 g/mol. The van der Waals surface area contributed by atoms with Gasteiger partial charge in [-0.3, -0.25) is 4.79 Å². The molecule has 1 aromatic carbocycles. The summed E-state index contributed by atoms with van der Waals surface area (Å²) in [4.78, 5) is 10.7. The van der Waals surface area contributed by atoms with Gasteiger partial charge in [-0.1, -0.05) is 24.3 Å². The summed E-state index contributed by atoms with van der Waals surface area (Å²) in [7, 11) is 0. The maximum absolute atomic E-state index is 10.7.